The number of carbonyl (C=O) groups excluding carboxylic acids is 8. The summed E-state index contributed by atoms with van der Waals surface area (Å²) in [5, 5.41) is 3.37. The molecule has 52 heavy (non-hydrogen) atoms. The van der Waals surface area contributed by atoms with Gasteiger partial charge in [-0.2, -0.15) is 0 Å². The summed E-state index contributed by atoms with van der Waals surface area (Å²) in [6, 6.07) is 0. The number of unbranched alkanes of at least 4 members (excludes halogenated alkanes) is 2. The molecular weight excluding hydrogens is 766 g/mol. The normalized spacial score (nSPS) is 28.3. The summed E-state index contributed by atoms with van der Waals surface area (Å²) in [6.45, 7) is 6.25. The second kappa shape index (κ2) is 21.6. The van der Waals surface area contributed by atoms with Gasteiger partial charge in [0.2, 0.25) is 5.91 Å². The highest BCUT2D eigenvalue weighted by Crippen LogP contribution is 2.35. The number of hydrogen-bond donors (Lipinski definition) is 1. The first-order chi connectivity index (χ1) is 24.4. The van der Waals surface area contributed by atoms with Gasteiger partial charge in [-0.05, 0) is 12.8 Å². The van der Waals surface area contributed by atoms with Crippen molar-refractivity contribution in [3.63, 3.8) is 0 Å². The third kappa shape index (κ3) is 14.6. The highest BCUT2D eigenvalue weighted by atomic mass is 79.9. The van der Waals surface area contributed by atoms with E-state index in [0.717, 1.165) is 66.6 Å². The molecule has 2 heterocycles. The smallest absolute Gasteiger partial charge is 0.303 e. The van der Waals surface area contributed by atoms with Crippen LogP contribution in [0.1, 0.15) is 74.1 Å². The zero-order valence-electron chi connectivity index (χ0n) is 29.9. The summed E-state index contributed by atoms with van der Waals surface area (Å²) in [5.74, 6) is -6.47. The number of esters is 7. The molecule has 0 aromatic rings. The van der Waals surface area contributed by atoms with Gasteiger partial charge in [0.1, 0.15) is 31.5 Å². The molecule has 0 saturated carbocycles. The number of hydrogen-bond acceptors (Lipinski definition) is 18. The van der Waals surface area contributed by atoms with Crippen molar-refractivity contribution in [1.29, 1.82) is 0 Å². The molecule has 1 N–H and O–H groups in total. The van der Waals surface area contributed by atoms with Crippen LogP contribution in [-0.4, -0.2) is 128 Å². The van der Waals surface area contributed by atoms with E-state index in [9.17, 15) is 38.4 Å². The molecule has 2 aliphatic heterocycles. The lowest BCUT2D eigenvalue weighted by atomic mass is 9.95. The first-order valence-electron chi connectivity index (χ1n) is 16.4. The van der Waals surface area contributed by atoms with E-state index < -0.39 is 122 Å². The lowest BCUT2D eigenvalue weighted by Gasteiger charge is -2.48. The van der Waals surface area contributed by atoms with Crippen molar-refractivity contribution in [3.05, 3.63) is 0 Å². The zero-order chi connectivity index (χ0) is 39.1. The Morgan fingerprint density at radius 1 is 0.519 bits per heavy atom. The lowest BCUT2D eigenvalue weighted by molar-refractivity contribution is -0.345. The van der Waals surface area contributed by atoms with Crippen LogP contribution in [0.4, 0.5) is 0 Å². The van der Waals surface area contributed by atoms with Gasteiger partial charge in [-0.3, -0.25) is 38.4 Å². The van der Waals surface area contributed by atoms with Crippen LogP contribution in [0, 0.1) is 0 Å². The molecule has 0 unspecified atom stereocenters. The van der Waals surface area contributed by atoms with Crippen molar-refractivity contribution in [2.24, 2.45) is 0 Å². The van der Waals surface area contributed by atoms with Crippen LogP contribution in [0.15, 0.2) is 0 Å². The minimum absolute atomic E-state index is 0.0666. The van der Waals surface area contributed by atoms with E-state index in [-0.39, 0.29) is 6.42 Å². The van der Waals surface area contributed by atoms with Gasteiger partial charge in [0, 0.05) is 60.2 Å². The van der Waals surface area contributed by atoms with Gasteiger partial charge in [0.05, 0.1) is 0 Å². The molecule has 2 fully saturated rings. The lowest BCUT2D eigenvalue weighted by Crippen LogP contribution is -2.68. The van der Waals surface area contributed by atoms with Gasteiger partial charge < -0.3 is 52.7 Å². The van der Waals surface area contributed by atoms with Gasteiger partial charge >= 0.3 is 41.8 Å². The first kappa shape index (κ1) is 44.3. The van der Waals surface area contributed by atoms with Gasteiger partial charge in [-0.1, -0.05) is 22.4 Å². The van der Waals surface area contributed by atoms with Crippen LogP contribution in [0.5, 0.6) is 0 Å². The third-order valence-corrected chi connectivity index (χ3v) is 7.83. The van der Waals surface area contributed by atoms with E-state index in [0.29, 0.717) is 6.42 Å². The van der Waals surface area contributed by atoms with E-state index >= 15 is 0 Å². The molecule has 294 valence electrons. The number of carbonyl (C=O) groups is 8. The summed E-state index contributed by atoms with van der Waals surface area (Å²) >= 11 is 3.33. The maximum absolute atomic E-state index is 13.0. The fourth-order valence-corrected chi connectivity index (χ4v) is 5.81. The van der Waals surface area contributed by atoms with Crippen LogP contribution in [-0.2, 0) is 85.7 Å². The van der Waals surface area contributed by atoms with Crippen LogP contribution >= 0.6 is 15.9 Å². The molecular formula is C32H46BrNO18. The predicted molar refractivity (Wildman–Crippen MR) is 174 cm³/mol. The van der Waals surface area contributed by atoms with Crippen LogP contribution < -0.4 is 5.32 Å². The summed E-state index contributed by atoms with van der Waals surface area (Å²) in [6.07, 6.45) is -13.6. The summed E-state index contributed by atoms with van der Waals surface area (Å²) < 4.78 is 56.2. The Hall–Kier alpha value is -3.88. The van der Waals surface area contributed by atoms with Gasteiger partial charge in [0.15, 0.2) is 43.0 Å². The summed E-state index contributed by atoms with van der Waals surface area (Å²) in [4.78, 5) is 98.4. The molecule has 20 heteroatoms. The number of rotatable bonds is 17. The van der Waals surface area contributed by atoms with Crippen molar-refractivity contribution in [1.82, 2.24) is 5.32 Å². The molecule has 0 aromatic carbocycles. The molecule has 0 aliphatic carbocycles. The minimum Gasteiger partial charge on any atom is -0.463 e. The number of nitrogens with one attached hydrogen (secondary N) is 1. The Balaban J connectivity index is 2.69. The standard InChI is InChI=1S/C32H46BrNO18/c1-15(35)43-13-22-26(27(46-18(4)38)29(48-20(6)40)31(50-22)34-24(42)11-9-8-10-12-33)52-32-30(49-21(7)41)28(47-19(5)39)25(45-17(3)37)23(51-32)14-44-16(2)36/h22-23,25-32H,8-14H2,1-7H3,(H,34,42)/t22-,23-,25+,26-,27+,28+,29-,30-,31-,32+/m1/s1. The van der Waals surface area contributed by atoms with E-state index in [1.807, 2.05) is 0 Å². The van der Waals surface area contributed by atoms with Crippen molar-refractivity contribution in [3.8, 4) is 0 Å². The van der Waals surface area contributed by atoms with Crippen molar-refractivity contribution < 1.29 is 85.7 Å². The largest absolute Gasteiger partial charge is 0.463 e. The second-order valence-electron chi connectivity index (χ2n) is 11.8. The average Bonchev–Trinajstić information content (AvgIpc) is 3.01. The second-order valence-corrected chi connectivity index (χ2v) is 12.6. The Bertz CT molecular complexity index is 1290. The van der Waals surface area contributed by atoms with Crippen molar-refractivity contribution >= 4 is 63.6 Å². The van der Waals surface area contributed by atoms with Crippen molar-refractivity contribution in [2.75, 3.05) is 18.5 Å². The predicted octanol–water partition coefficient (Wildman–Crippen LogP) is 0.678. The zero-order valence-corrected chi connectivity index (χ0v) is 31.5. The first-order valence-corrected chi connectivity index (χ1v) is 17.5. The fourth-order valence-electron chi connectivity index (χ4n) is 5.42. The number of ether oxygens (including phenoxy) is 10. The Kier molecular flexibility index (Phi) is 18.4. The number of halogens is 1. The molecule has 2 rings (SSSR count). The summed E-state index contributed by atoms with van der Waals surface area (Å²) in [7, 11) is 0. The van der Waals surface area contributed by atoms with Gasteiger partial charge in [-0.25, -0.2) is 0 Å². The van der Waals surface area contributed by atoms with E-state index in [1.54, 1.807) is 0 Å². The van der Waals surface area contributed by atoms with Crippen LogP contribution in [0.3, 0.4) is 0 Å². The average molecular weight is 813 g/mol. The number of amides is 1. The molecule has 0 aromatic heterocycles. The Morgan fingerprint density at radius 2 is 0.962 bits per heavy atom. The van der Waals surface area contributed by atoms with Gasteiger partial charge in [-0.15, -0.1) is 0 Å². The molecule has 0 bridgehead atoms. The maximum atomic E-state index is 13.0. The minimum atomic E-state index is -1.81. The molecule has 10 atom stereocenters. The Labute approximate surface area is 308 Å². The molecule has 2 saturated heterocycles. The topological polar surface area (TPSA) is 241 Å². The van der Waals surface area contributed by atoms with Gasteiger partial charge in [0.25, 0.3) is 0 Å². The van der Waals surface area contributed by atoms with Crippen LogP contribution in [0.25, 0.3) is 0 Å². The highest BCUT2D eigenvalue weighted by molar-refractivity contribution is 9.09. The third-order valence-electron chi connectivity index (χ3n) is 7.27. The highest BCUT2D eigenvalue weighted by Gasteiger charge is 2.57. The maximum Gasteiger partial charge on any atom is 0.303 e. The molecule has 1 amide bonds. The number of alkyl halides is 1. The molecule has 2 aliphatic rings. The molecule has 0 radical (unpaired) electrons. The quantitative estimate of drug-likeness (QED) is 0.0919. The van der Waals surface area contributed by atoms with Crippen molar-refractivity contribution in [2.45, 2.75) is 135 Å². The van der Waals surface area contributed by atoms with E-state index in [1.165, 1.54) is 0 Å². The molecule has 0 spiro atoms. The Morgan fingerprint density at radius 3 is 1.44 bits per heavy atom. The van der Waals surface area contributed by atoms with E-state index in [4.69, 9.17) is 47.4 Å². The molecule has 19 nitrogen and oxygen atoms in total. The fraction of sp³-hybridized carbons (Fsp3) is 0.750. The monoisotopic (exact) mass is 811 g/mol. The summed E-state index contributed by atoms with van der Waals surface area (Å²) in [5.41, 5.74) is 0. The SMILES string of the molecule is CC(=O)OC[C@H]1O[C@@H](O[C@H]2[C@H](OC(C)=O)[C@@H](OC(C)=O)[C@H](NC(=O)CCCCCBr)O[C@@H]2COC(C)=O)[C@H](OC(C)=O)[C@@H](OC(C)=O)[C@H]1OC(C)=O. The van der Waals surface area contributed by atoms with E-state index in [2.05, 4.69) is 21.2 Å². The van der Waals surface area contributed by atoms with Crippen LogP contribution in [0.2, 0.25) is 0 Å².